The zero-order valence-corrected chi connectivity index (χ0v) is 12.2. The lowest BCUT2D eigenvalue weighted by molar-refractivity contribution is 0.213. The average molecular weight is 324 g/mol. The smallest absolute Gasteiger partial charge is 0.136 e. The molecule has 100 valence electrons. The highest BCUT2D eigenvalue weighted by atomic mass is 79.9. The molecular weight excluding hydrogens is 309 g/mol. The molecule has 0 aromatic heterocycles. The van der Waals surface area contributed by atoms with Crippen LogP contribution in [0.4, 0.5) is 4.39 Å². The Bertz CT molecular complexity index is 574. The Morgan fingerprint density at radius 3 is 2.68 bits per heavy atom. The van der Waals surface area contributed by atoms with E-state index in [0.717, 1.165) is 21.3 Å². The average Bonchev–Trinajstić information content (AvgIpc) is 2.40. The molecule has 2 rings (SSSR count). The molecule has 2 N–H and O–H groups in total. The lowest BCUT2D eigenvalue weighted by Crippen LogP contribution is -2.18. The van der Waals surface area contributed by atoms with Crippen molar-refractivity contribution < 1.29 is 9.13 Å². The van der Waals surface area contributed by atoms with Crippen LogP contribution in [0.5, 0.6) is 5.75 Å². The van der Waals surface area contributed by atoms with Gasteiger partial charge < -0.3 is 10.5 Å². The molecule has 0 amide bonds. The van der Waals surface area contributed by atoms with E-state index in [9.17, 15) is 4.39 Å². The highest BCUT2D eigenvalue weighted by Crippen LogP contribution is 2.26. The fourth-order valence-electron chi connectivity index (χ4n) is 1.81. The summed E-state index contributed by atoms with van der Waals surface area (Å²) in [5.41, 5.74) is 7.53. The summed E-state index contributed by atoms with van der Waals surface area (Å²) < 4.78 is 20.1. The summed E-state index contributed by atoms with van der Waals surface area (Å²) in [6.07, 6.45) is -0.351. The van der Waals surface area contributed by atoms with Crippen molar-refractivity contribution in [3.8, 4) is 5.75 Å². The maximum Gasteiger partial charge on any atom is 0.136 e. The van der Waals surface area contributed by atoms with Crippen molar-refractivity contribution in [1.29, 1.82) is 0 Å². The van der Waals surface area contributed by atoms with Crippen molar-refractivity contribution in [3.05, 3.63) is 63.9 Å². The van der Waals surface area contributed by atoms with Gasteiger partial charge >= 0.3 is 0 Å². The van der Waals surface area contributed by atoms with E-state index in [-0.39, 0.29) is 11.9 Å². The van der Waals surface area contributed by atoms with E-state index in [1.807, 2.05) is 31.2 Å². The Balaban J connectivity index is 2.21. The first-order chi connectivity index (χ1) is 9.10. The topological polar surface area (TPSA) is 35.2 Å². The molecule has 0 saturated heterocycles. The standard InChI is InChI=1S/C15H15BrFNO/c1-10-7-13(5-6-14(10)16)19-15(9-18)11-3-2-4-12(17)8-11/h2-8,15H,9,18H2,1H3. The third kappa shape index (κ3) is 3.55. The molecule has 0 aliphatic heterocycles. The van der Waals surface area contributed by atoms with Gasteiger partial charge in [-0.1, -0.05) is 28.1 Å². The number of halogens is 2. The molecule has 0 radical (unpaired) electrons. The molecule has 0 aliphatic carbocycles. The van der Waals surface area contributed by atoms with Gasteiger partial charge in [-0.25, -0.2) is 4.39 Å². The first kappa shape index (κ1) is 14.0. The number of rotatable bonds is 4. The first-order valence-corrected chi connectivity index (χ1v) is 6.78. The monoisotopic (exact) mass is 323 g/mol. The fourth-order valence-corrected chi connectivity index (χ4v) is 2.06. The van der Waals surface area contributed by atoms with Crippen molar-refractivity contribution in [2.75, 3.05) is 6.54 Å². The van der Waals surface area contributed by atoms with Gasteiger partial charge in [0.2, 0.25) is 0 Å². The molecule has 0 bridgehead atoms. The van der Waals surface area contributed by atoms with E-state index in [2.05, 4.69) is 15.9 Å². The summed E-state index contributed by atoms with van der Waals surface area (Å²) in [7, 11) is 0. The van der Waals surface area contributed by atoms with Crippen LogP contribution in [0.1, 0.15) is 17.2 Å². The predicted octanol–water partition coefficient (Wildman–Crippen LogP) is 3.98. The molecule has 2 aromatic carbocycles. The largest absolute Gasteiger partial charge is 0.484 e. The van der Waals surface area contributed by atoms with Crippen LogP contribution < -0.4 is 10.5 Å². The van der Waals surface area contributed by atoms with Crippen LogP contribution in [0.2, 0.25) is 0 Å². The number of aryl methyl sites for hydroxylation is 1. The lowest BCUT2D eigenvalue weighted by Gasteiger charge is -2.18. The van der Waals surface area contributed by atoms with Crippen LogP contribution in [0.15, 0.2) is 46.9 Å². The van der Waals surface area contributed by atoms with Crippen LogP contribution in [0, 0.1) is 12.7 Å². The Hall–Kier alpha value is -1.39. The van der Waals surface area contributed by atoms with Gasteiger partial charge in [-0.2, -0.15) is 0 Å². The number of hydrogen-bond acceptors (Lipinski definition) is 2. The molecule has 19 heavy (non-hydrogen) atoms. The summed E-state index contributed by atoms with van der Waals surface area (Å²) in [4.78, 5) is 0. The van der Waals surface area contributed by atoms with Gasteiger partial charge in [-0.05, 0) is 48.4 Å². The molecule has 0 heterocycles. The third-order valence-corrected chi connectivity index (χ3v) is 3.73. The minimum atomic E-state index is -0.351. The van der Waals surface area contributed by atoms with Crippen LogP contribution in [-0.4, -0.2) is 6.54 Å². The molecule has 1 unspecified atom stereocenters. The van der Waals surface area contributed by atoms with Gasteiger partial charge in [0.25, 0.3) is 0 Å². The fraction of sp³-hybridized carbons (Fsp3) is 0.200. The molecule has 2 nitrogen and oxygen atoms in total. The van der Waals surface area contributed by atoms with Crippen molar-refractivity contribution in [1.82, 2.24) is 0 Å². The normalized spacial score (nSPS) is 12.2. The lowest BCUT2D eigenvalue weighted by atomic mass is 10.1. The SMILES string of the molecule is Cc1cc(OC(CN)c2cccc(F)c2)ccc1Br. The van der Waals surface area contributed by atoms with Gasteiger partial charge in [0, 0.05) is 11.0 Å². The van der Waals surface area contributed by atoms with Crippen LogP contribution in [0.3, 0.4) is 0 Å². The van der Waals surface area contributed by atoms with Crippen LogP contribution in [0.25, 0.3) is 0 Å². The summed E-state index contributed by atoms with van der Waals surface area (Å²) in [5.74, 6) is 0.437. The highest BCUT2D eigenvalue weighted by Gasteiger charge is 2.12. The quantitative estimate of drug-likeness (QED) is 0.923. The molecule has 4 heteroatoms. The van der Waals surface area contributed by atoms with E-state index in [1.165, 1.54) is 12.1 Å². The number of nitrogens with two attached hydrogens (primary N) is 1. The number of ether oxygens (including phenoxy) is 1. The van der Waals surface area contributed by atoms with E-state index >= 15 is 0 Å². The number of hydrogen-bond donors (Lipinski definition) is 1. The molecule has 2 aromatic rings. The second-order valence-corrected chi connectivity index (χ2v) is 5.16. The highest BCUT2D eigenvalue weighted by molar-refractivity contribution is 9.10. The summed E-state index contributed by atoms with van der Waals surface area (Å²) in [6, 6.07) is 12.0. The van der Waals surface area contributed by atoms with E-state index < -0.39 is 0 Å². The van der Waals surface area contributed by atoms with Gasteiger partial charge in [-0.15, -0.1) is 0 Å². The second kappa shape index (κ2) is 6.17. The zero-order valence-electron chi connectivity index (χ0n) is 10.6. The molecular formula is C15H15BrFNO. The predicted molar refractivity (Wildman–Crippen MR) is 77.7 cm³/mol. The van der Waals surface area contributed by atoms with E-state index in [0.29, 0.717) is 6.54 Å². The van der Waals surface area contributed by atoms with Gasteiger partial charge in [0.15, 0.2) is 0 Å². The van der Waals surface area contributed by atoms with Gasteiger partial charge in [-0.3, -0.25) is 0 Å². The second-order valence-electron chi connectivity index (χ2n) is 4.31. The number of benzene rings is 2. The minimum absolute atomic E-state index is 0.286. The molecule has 0 saturated carbocycles. The van der Waals surface area contributed by atoms with Crippen molar-refractivity contribution in [2.24, 2.45) is 5.73 Å². The van der Waals surface area contributed by atoms with E-state index in [1.54, 1.807) is 6.07 Å². The van der Waals surface area contributed by atoms with Gasteiger partial charge in [0.1, 0.15) is 17.7 Å². The summed E-state index contributed by atoms with van der Waals surface area (Å²) >= 11 is 3.44. The van der Waals surface area contributed by atoms with E-state index in [4.69, 9.17) is 10.5 Å². The van der Waals surface area contributed by atoms with Crippen molar-refractivity contribution in [3.63, 3.8) is 0 Å². The Morgan fingerprint density at radius 2 is 2.05 bits per heavy atom. The first-order valence-electron chi connectivity index (χ1n) is 5.98. The molecule has 0 aliphatic rings. The van der Waals surface area contributed by atoms with Crippen molar-refractivity contribution >= 4 is 15.9 Å². The van der Waals surface area contributed by atoms with Crippen LogP contribution in [-0.2, 0) is 0 Å². The van der Waals surface area contributed by atoms with Crippen LogP contribution >= 0.6 is 15.9 Å². The Labute approximate surface area is 120 Å². The molecule has 0 spiro atoms. The Kier molecular flexibility index (Phi) is 4.56. The molecule has 1 atom stereocenters. The summed E-state index contributed by atoms with van der Waals surface area (Å²) in [5, 5.41) is 0. The maximum atomic E-state index is 13.2. The summed E-state index contributed by atoms with van der Waals surface area (Å²) in [6.45, 7) is 2.27. The third-order valence-electron chi connectivity index (χ3n) is 2.84. The Morgan fingerprint density at radius 1 is 1.26 bits per heavy atom. The maximum absolute atomic E-state index is 13.2. The van der Waals surface area contributed by atoms with Crippen molar-refractivity contribution in [2.45, 2.75) is 13.0 Å². The zero-order chi connectivity index (χ0) is 13.8. The van der Waals surface area contributed by atoms with Gasteiger partial charge in [0.05, 0.1) is 0 Å². The molecule has 0 fully saturated rings. The minimum Gasteiger partial charge on any atom is -0.484 e.